The van der Waals surface area contributed by atoms with Crippen LogP contribution in [-0.4, -0.2) is 49.7 Å². The number of carboxylic acid groups (broad SMARTS) is 1. The summed E-state index contributed by atoms with van der Waals surface area (Å²) in [7, 11) is 1.01. The first-order chi connectivity index (χ1) is 11.7. The van der Waals surface area contributed by atoms with Gasteiger partial charge in [-0.15, -0.1) is 0 Å². The van der Waals surface area contributed by atoms with Crippen LogP contribution in [0.25, 0.3) is 0 Å². The van der Waals surface area contributed by atoms with E-state index in [9.17, 15) is 9.90 Å². The lowest BCUT2D eigenvalue weighted by atomic mass is 9.66. The van der Waals surface area contributed by atoms with Gasteiger partial charge >= 0.3 is 13.1 Å². The number of methoxy groups -OCH3 is 1. The lowest BCUT2D eigenvalue weighted by Gasteiger charge is -2.32. The summed E-state index contributed by atoms with van der Waals surface area (Å²) in [5, 5.41) is 9.31. The number of benzene rings is 1. The topological polar surface area (TPSA) is 74.2 Å². The SMILES string of the molecule is COCCOc1ccc(C(CC(=O)O)B2OC(C)(C)C(C)(C)O2)cc1. The van der Waals surface area contributed by atoms with Crippen molar-refractivity contribution in [2.24, 2.45) is 0 Å². The van der Waals surface area contributed by atoms with Crippen LogP contribution in [0.15, 0.2) is 24.3 Å². The number of hydrogen-bond donors (Lipinski definition) is 1. The van der Waals surface area contributed by atoms with Gasteiger partial charge in [-0.1, -0.05) is 12.1 Å². The van der Waals surface area contributed by atoms with E-state index in [2.05, 4.69) is 0 Å². The quantitative estimate of drug-likeness (QED) is 0.574. The minimum atomic E-state index is -0.889. The summed E-state index contributed by atoms with van der Waals surface area (Å²) in [6, 6.07) is 7.37. The summed E-state index contributed by atoms with van der Waals surface area (Å²) in [4.78, 5) is 11.4. The Morgan fingerprint density at radius 1 is 1.12 bits per heavy atom. The molecule has 1 aliphatic rings. The molecule has 1 N–H and O–H groups in total. The van der Waals surface area contributed by atoms with Crippen LogP contribution in [0.5, 0.6) is 5.75 Å². The molecule has 0 aliphatic carbocycles. The molecule has 1 aliphatic heterocycles. The Kier molecular flexibility index (Phi) is 6.14. The summed E-state index contributed by atoms with van der Waals surface area (Å²) in [6.07, 6.45) is -0.0687. The predicted octanol–water partition coefficient (Wildman–Crippen LogP) is 2.90. The van der Waals surface area contributed by atoms with E-state index < -0.39 is 30.1 Å². The highest BCUT2D eigenvalue weighted by Gasteiger charge is 2.54. The molecular weight excluding hydrogens is 323 g/mol. The van der Waals surface area contributed by atoms with Crippen molar-refractivity contribution in [3.63, 3.8) is 0 Å². The maximum Gasteiger partial charge on any atom is 0.466 e. The molecule has 6 nitrogen and oxygen atoms in total. The summed E-state index contributed by atoms with van der Waals surface area (Å²) >= 11 is 0. The van der Waals surface area contributed by atoms with Crippen molar-refractivity contribution in [2.45, 2.75) is 51.1 Å². The van der Waals surface area contributed by atoms with Crippen molar-refractivity contribution in [2.75, 3.05) is 20.3 Å². The molecule has 1 unspecified atom stereocenters. The Labute approximate surface area is 149 Å². The van der Waals surface area contributed by atoms with Gasteiger partial charge in [-0.05, 0) is 45.4 Å². The van der Waals surface area contributed by atoms with Gasteiger partial charge in [-0.2, -0.15) is 0 Å². The summed E-state index contributed by atoms with van der Waals surface area (Å²) in [5.74, 6) is -0.574. The molecule has 1 fully saturated rings. The average molecular weight is 350 g/mol. The van der Waals surface area contributed by atoms with E-state index in [4.69, 9.17) is 18.8 Å². The van der Waals surface area contributed by atoms with Crippen molar-refractivity contribution in [3.8, 4) is 5.75 Å². The largest absolute Gasteiger partial charge is 0.491 e. The monoisotopic (exact) mass is 350 g/mol. The fraction of sp³-hybridized carbons (Fsp3) is 0.611. The van der Waals surface area contributed by atoms with Gasteiger partial charge in [0.05, 0.1) is 24.2 Å². The predicted molar refractivity (Wildman–Crippen MR) is 94.9 cm³/mol. The van der Waals surface area contributed by atoms with Crippen LogP contribution in [0.2, 0.25) is 0 Å². The normalized spacial score (nSPS) is 19.6. The molecule has 0 amide bonds. The maximum absolute atomic E-state index is 11.4. The lowest BCUT2D eigenvalue weighted by Crippen LogP contribution is -2.41. The fourth-order valence-corrected chi connectivity index (χ4v) is 2.67. The Morgan fingerprint density at radius 2 is 1.68 bits per heavy atom. The number of carbonyl (C=O) groups is 1. The Hall–Kier alpha value is -1.57. The molecule has 1 aromatic rings. The number of aliphatic carboxylic acids is 1. The molecule has 2 rings (SSSR count). The van der Waals surface area contributed by atoms with E-state index in [-0.39, 0.29) is 6.42 Å². The van der Waals surface area contributed by atoms with Crippen LogP contribution in [-0.2, 0) is 18.8 Å². The zero-order valence-electron chi connectivity index (χ0n) is 15.6. The van der Waals surface area contributed by atoms with E-state index in [1.165, 1.54) is 0 Å². The molecule has 0 bridgehead atoms. The summed E-state index contributed by atoms with van der Waals surface area (Å²) < 4.78 is 22.6. The molecular formula is C18H27BO6. The smallest absolute Gasteiger partial charge is 0.466 e. The molecule has 25 heavy (non-hydrogen) atoms. The molecule has 0 radical (unpaired) electrons. The van der Waals surface area contributed by atoms with Crippen LogP contribution in [0.1, 0.15) is 45.5 Å². The first-order valence-corrected chi connectivity index (χ1v) is 8.45. The van der Waals surface area contributed by atoms with Crippen molar-refractivity contribution >= 4 is 13.1 Å². The highest BCUT2D eigenvalue weighted by atomic mass is 16.7. The molecule has 1 aromatic carbocycles. The number of ether oxygens (including phenoxy) is 2. The Balaban J connectivity index is 2.16. The van der Waals surface area contributed by atoms with Crippen LogP contribution in [0.3, 0.4) is 0 Å². The van der Waals surface area contributed by atoms with Crippen molar-refractivity contribution in [3.05, 3.63) is 29.8 Å². The highest BCUT2D eigenvalue weighted by molar-refractivity contribution is 6.48. The minimum Gasteiger partial charge on any atom is -0.491 e. The molecule has 7 heteroatoms. The van der Waals surface area contributed by atoms with Crippen LogP contribution in [0.4, 0.5) is 0 Å². The molecule has 1 saturated heterocycles. The van der Waals surface area contributed by atoms with Gasteiger partial charge in [0.25, 0.3) is 0 Å². The molecule has 138 valence electrons. The van der Waals surface area contributed by atoms with E-state index in [1.54, 1.807) is 7.11 Å². The fourth-order valence-electron chi connectivity index (χ4n) is 2.67. The van der Waals surface area contributed by atoms with Crippen molar-refractivity contribution < 1.29 is 28.7 Å². The zero-order valence-corrected chi connectivity index (χ0v) is 15.6. The van der Waals surface area contributed by atoms with Crippen LogP contribution < -0.4 is 4.74 Å². The molecule has 0 spiro atoms. The maximum atomic E-state index is 11.4. The van der Waals surface area contributed by atoms with Gasteiger partial charge in [0.2, 0.25) is 0 Å². The molecule has 0 saturated carbocycles. The first kappa shape index (κ1) is 19.8. The van der Waals surface area contributed by atoms with Crippen molar-refractivity contribution in [1.82, 2.24) is 0 Å². The third-order valence-corrected chi connectivity index (χ3v) is 4.86. The third kappa shape index (κ3) is 4.74. The minimum absolute atomic E-state index is 0.0687. The van der Waals surface area contributed by atoms with E-state index in [0.717, 1.165) is 5.56 Å². The second kappa shape index (κ2) is 7.76. The number of rotatable bonds is 8. The first-order valence-electron chi connectivity index (χ1n) is 8.45. The van der Waals surface area contributed by atoms with Crippen LogP contribution >= 0.6 is 0 Å². The average Bonchev–Trinajstić information content (AvgIpc) is 2.74. The van der Waals surface area contributed by atoms with Gasteiger partial charge in [-0.25, -0.2) is 0 Å². The lowest BCUT2D eigenvalue weighted by molar-refractivity contribution is -0.137. The standard InChI is InChI=1S/C18H27BO6/c1-17(2)18(3,4)25-19(24-17)15(12-16(20)21)13-6-8-14(9-7-13)23-11-10-22-5/h6-9,15H,10-12H2,1-5H3,(H,20,21). The summed E-state index contributed by atoms with van der Waals surface area (Å²) in [5.41, 5.74) is -0.157. The van der Waals surface area contributed by atoms with Gasteiger partial charge in [-0.3, -0.25) is 4.79 Å². The summed E-state index contributed by atoms with van der Waals surface area (Å²) in [6.45, 7) is 8.80. The zero-order chi connectivity index (χ0) is 18.7. The van der Waals surface area contributed by atoms with E-state index in [1.807, 2.05) is 52.0 Å². The third-order valence-electron chi connectivity index (χ3n) is 4.86. The number of carboxylic acids is 1. The van der Waals surface area contributed by atoms with Crippen LogP contribution in [0, 0.1) is 0 Å². The Bertz CT molecular complexity index is 568. The van der Waals surface area contributed by atoms with Gasteiger partial charge in [0, 0.05) is 12.9 Å². The van der Waals surface area contributed by atoms with Crippen molar-refractivity contribution in [1.29, 1.82) is 0 Å². The van der Waals surface area contributed by atoms with E-state index >= 15 is 0 Å². The second-order valence-corrected chi connectivity index (χ2v) is 7.24. The molecule has 1 heterocycles. The molecule has 1 atom stereocenters. The van der Waals surface area contributed by atoms with Gasteiger partial charge in [0.15, 0.2) is 0 Å². The number of hydrogen-bond acceptors (Lipinski definition) is 5. The molecule has 0 aromatic heterocycles. The van der Waals surface area contributed by atoms with E-state index in [0.29, 0.717) is 19.0 Å². The van der Waals surface area contributed by atoms with Gasteiger partial charge in [0.1, 0.15) is 12.4 Å². The van der Waals surface area contributed by atoms with Gasteiger partial charge < -0.3 is 23.9 Å². The Morgan fingerprint density at radius 3 is 2.16 bits per heavy atom. The highest BCUT2D eigenvalue weighted by Crippen LogP contribution is 2.41. The second-order valence-electron chi connectivity index (χ2n) is 7.24.